The average Bonchev–Trinajstić information content (AvgIpc) is 3.59. The number of rotatable bonds is 10. The minimum Gasteiger partial charge on any atom is -0.376 e. The number of hydrogen-bond acceptors (Lipinski definition) is 0. The molecule has 0 spiro atoms. The summed E-state index contributed by atoms with van der Waals surface area (Å²) in [7, 11) is 0. The van der Waals surface area contributed by atoms with Gasteiger partial charge in [-0.2, -0.15) is 0 Å². The first-order valence-electron chi connectivity index (χ1n) is 17.4. The molecule has 45 heavy (non-hydrogen) atoms. The second-order valence-electron chi connectivity index (χ2n) is 13.2. The minimum absolute atomic E-state index is 0.0944. The highest BCUT2D eigenvalue weighted by atomic mass is 15.0. The van der Waals surface area contributed by atoms with Gasteiger partial charge in [-0.25, -0.2) is 0 Å². The van der Waals surface area contributed by atoms with Crippen LogP contribution in [0.3, 0.4) is 0 Å². The second-order valence-corrected chi connectivity index (χ2v) is 13.2. The first-order chi connectivity index (χ1) is 22.2. The van der Waals surface area contributed by atoms with E-state index in [4.69, 9.17) is 0 Å². The van der Waals surface area contributed by atoms with Crippen LogP contribution in [0, 0.1) is 0 Å². The fourth-order valence-electron chi connectivity index (χ4n) is 8.10. The molecule has 1 aliphatic heterocycles. The van der Waals surface area contributed by atoms with Crippen LogP contribution in [0.15, 0.2) is 97.1 Å². The van der Waals surface area contributed by atoms with Crippen LogP contribution in [-0.4, -0.2) is 15.9 Å². The van der Waals surface area contributed by atoms with Gasteiger partial charge in [0.2, 0.25) is 0 Å². The Balaban J connectivity index is 1.50. The van der Waals surface area contributed by atoms with Gasteiger partial charge >= 0.3 is 6.85 Å². The lowest BCUT2D eigenvalue weighted by Crippen LogP contribution is -2.54. The molecule has 0 saturated heterocycles. The van der Waals surface area contributed by atoms with Gasteiger partial charge in [0.1, 0.15) is 0 Å². The molecule has 1 aliphatic rings. The topological polar surface area (TPSA) is 9.86 Å². The van der Waals surface area contributed by atoms with Gasteiger partial charge in [0.25, 0.3) is 0 Å². The molecule has 0 atom stereocenters. The monoisotopic (exact) mass is 586 g/mol. The van der Waals surface area contributed by atoms with Gasteiger partial charge in [-0.05, 0) is 90.4 Å². The molecule has 3 heterocycles. The molecule has 0 N–H and O–H groups in total. The van der Waals surface area contributed by atoms with E-state index in [9.17, 15) is 0 Å². The molecular weight excluding hydrogens is 543 g/mol. The van der Waals surface area contributed by atoms with Gasteiger partial charge in [0.05, 0.1) is 11.0 Å². The largest absolute Gasteiger partial charge is 0.376 e. The molecular formula is C42H43BN2. The number of unbranched alkanes of at least 4 members (excludes halogenated alkanes) is 3. The van der Waals surface area contributed by atoms with Gasteiger partial charge in [0, 0.05) is 38.3 Å². The average molecular weight is 587 g/mol. The smallest absolute Gasteiger partial charge is 0.332 e. The van der Waals surface area contributed by atoms with Crippen molar-refractivity contribution < 1.29 is 0 Å². The SMILES string of the molecule is CCCCc1ccc2c3ccccc3n(B3c4ccccc4-n4c5cc(CCCC)ccc5c5ccc(CCCC)c3c54)c2c1. The number of benzene rings is 5. The van der Waals surface area contributed by atoms with E-state index in [1.165, 1.54) is 115 Å². The number of nitrogens with zero attached hydrogens (tertiary/aromatic N) is 2. The van der Waals surface area contributed by atoms with Crippen LogP contribution in [0.5, 0.6) is 0 Å². The highest BCUT2D eigenvalue weighted by molar-refractivity contribution is 6.88. The maximum atomic E-state index is 2.71. The number of aryl methyl sites for hydroxylation is 3. The van der Waals surface area contributed by atoms with E-state index in [1.807, 2.05) is 0 Å². The van der Waals surface area contributed by atoms with Crippen LogP contribution < -0.4 is 10.9 Å². The van der Waals surface area contributed by atoms with Gasteiger partial charge < -0.3 is 9.05 Å². The highest BCUT2D eigenvalue weighted by Crippen LogP contribution is 2.37. The third-order valence-electron chi connectivity index (χ3n) is 10.3. The van der Waals surface area contributed by atoms with E-state index in [2.05, 4.69) is 127 Å². The Kier molecular flexibility index (Phi) is 7.28. The molecule has 0 fully saturated rings. The first kappa shape index (κ1) is 28.3. The first-order valence-corrected chi connectivity index (χ1v) is 17.4. The molecule has 0 saturated carbocycles. The van der Waals surface area contributed by atoms with Crippen LogP contribution in [0.1, 0.15) is 76.0 Å². The molecule has 5 aromatic carbocycles. The number of aromatic nitrogens is 2. The van der Waals surface area contributed by atoms with Crippen molar-refractivity contribution >= 4 is 61.4 Å². The van der Waals surface area contributed by atoms with Crippen LogP contribution in [0.2, 0.25) is 0 Å². The van der Waals surface area contributed by atoms with E-state index < -0.39 is 0 Å². The van der Waals surface area contributed by atoms with Crippen molar-refractivity contribution in [3.05, 3.63) is 114 Å². The fourth-order valence-corrected chi connectivity index (χ4v) is 8.10. The molecule has 0 aliphatic carbocycles. The standard InChI is InChI=1S/C42H43BN2/c1-4-7-14-29-22-25-34-35-26-23-31(16-9-6-3)41-42(35)44(39(34)27-29)38-20-13-11-18-36(38)43(41)45-37-19-12-10-17-32(37)33-24-21-30(15-8-5-2)28-40(33)45/h10-13,17-28H,4-9,14-16H2,1-3H3. The molecule has 8 rings (SSSR count). The van der Waals surface area contributed by atoms with Crippen molar-refractivity contribution in [3.8, 4) is 5.69 Å². The third kappa shape index (κ3) is 4.46. The van der Waals surface area contributed by atoms with Crippen LogP contribution in [-0.2, 0) is 19.3 Å². The van der Waals surface area contributed by atoms with Crippen molar-refractivity contribution in [2.24, 2.45) is 0 Å². The van der Waals surface area contributed by atoms with Gasteiger partial charge in [0.15, 0.2) is 0 Å². The number of para-hydroxylation sites is 2. The number of hydrogen-bond donors (Lipinski definition) is 0. The summed E-state index contributed by atoms with van der Waals surface area (Å²) in [5.41, 5.74) is 14.0. The summed E-state index contributed by atoms with van der Waals surface area (Å²) in [6, 6.07) is 37.7. The maximum Gasteiger partial charge on any atom is 0.332 e. The Labute approximate surface area is 267 Å². The number of fused-ring (bicyclic) bond motifs is 8. The predicted molar refractivity (Wildman–Crippen MR) is 196 cm³/mol. The summed E-state index contributed by atoms with van der Waals surface area (Å²) in [6.45, 7) is 6.99. The summed E-state index contributed by atoms with van der Waals surface area (Å²) in [6.07, 6.45) is 10.6. The van der Waals surface area contributed by atoms with E-state index in [0.717, 1.165) is 19.3 Å². The molecule has 2 nitrogen and oxygen atoms in total. The lowest BCUT2D eigenvalue weighted by molar-refractivity contribution is 0.795. The minimum atomic E-state index is 0.0944. The molecule has 3 heteroatoms. The lowest BCUT2D eigenvalue weighted by Gasteiger charge is -2.30. The Morgan fingerprint density at radius 1 is 0.533 bits per heavy atom. The highest BCUT2D eigenvalue weighted by Gasteiger charge is 2.37. The zero-order valence-corrected chi connectivity index (χ0v) is 27.1. The van der Waals surface area contributed by atoms with E-state index in [0.29, 0.717) is 0 Å². The molecule has 7 aromatic rings. The molecule has 0 radical (unpaired) electrons. The normalized spacial score (nSPS) is 12.6. The van der Waals surface area contributed by atoms with Crippen molar-refractivity contribution in [1.82, 2.24) is 9.05 Å². The molecule has 0 amide bonds. The van der Waals surface area contributed by atoms with Crippen LogP contribution in [0.4, 0.5) is 0 Å². The van der Waals surface area contributed by atoms with Crippen molar-refractivity contribution in [2.75, 3.05) is 0 Å². The predicted octanol–water partition coefficient (Wildman–Crippen LogP) is 9.89. The van der Waals surface area contributed by atoms with E-state index >= 15 is 0 Å². The summed E-state index contributed by atoms with van der Waals surface area (Å²) in [5, 5.41) is 5.46. The van der Waals surface area contributed by atoms with Crippen molar-refractivity contribution in [3.63, 3.8) is 0 Å². The molecule has 224 valence electrons. The third-order valence-corrected chi connectivity index (χ3v) is 10.3. The van der Waals surface area contributed by atoms with E-state index in [1.54, 1.807) is 0 Å². The molecule has 2 aromatic heterocycles. The lowest BCUT2D eigenvalue weighted by atomic mass is 9.47. The Morgan fingerprint density at radius 2 is 1.13 bits per heavy atom. The maximum absolute atomic E-state index is 2.71. The summed E-state index contributed by atoms with van der Waals surface area (Å²) < 4.78 is 5.33. The Bertz CT molecular complexity index is 2200. The zero-order valence-electron chi connectivity index (χ0n) is 27.1. The summed E-state index contributed by atoms with van der Waals surface area (Å²) >= 11 is 0. The van der Waals surface area contributed by atoms with E-state index in [-0.39, 0.29) is 6.85 Å². The van der Waals surface area contributed by atoms with Crippen LogP contribution in [0.25, 0.3) is 49.3 Å². The van der Waals surface area contributed by atoms with Crippen molar-refractivity contribution in [2.45, 2.75) is 78.6 Å². The Morgan fingerprint density at radius 3 is 1.89 bits per heavy atom. The van der Waals surface area contributed by atoms with Crippen LogP contribution >= 0.6 is 0 Å². The zero-order chi connectivity index (χ0) is 30.5. The summed E-state index contributed by atoms with van der Waals surface area (Å²) in [4.78, 5) is 0. The van der Waals surface area contributed by atoms with Gasteiger partial charge in [-0.15, -0.1) is 0 Å². The molecule has 0 unspecified atom stereocenters. The summed E-state index contributed by atoms with van der Waals surface area (Å²) in [5.74, 6) is 0. The quantitative estimate of drug-likeness (QED) is 0.141. The Hall–Kier alpha value is -4.24. The van der Waals surface area contributed by atoms with Crippen molar-refractivity contribution in [1.29, 1.82) is 0 Å². The molecule has 0 bridgehead atoms. The fraction of sp³-hybridized carbons (Fsp3) is 0.286. The second kappa shape index (κ2) is 11.6. The van der Waals surface area contributed by atoms with Gasteiger partial charge in [-0.3, -0.25) is 0 Å². The van der Waals surface area contributed by atoms with Gasteiger partial charge in [-0.1, -0.05) is 113 Å².